The molecule has 1 heterocycles. The van der Waals surface area contributed by atoms with Crippen LogP contribution in [-0.2, 0) is 10.1 Å². The van der Waals surface area contributed by atoms with E-state index in [9.17, 15) is 26.9 Å². The summed E-state index contributed by atoms with van der Waals surface area (Å²) in [6.45, 7) is 0. The predicted molar refractivity (Wildman–Crippen MR) is 100 cm³/mol. The van der Waals surface area contributed by atoms with Crippen LogP contribution in [-0.4, -0.2) is 18.9 Å². The van der Waals surface area contributed by atoms with Gasteiger partial charge in [-0.2, -0.15) is 26.9 Å². The number of hydrogen-bond donors (Lipinski definition) is 0. The second kappa shape index (κ2) is 7.24. The van der Waals surface area contributed by atoms with Gasteiger partial charge in [0.2, 0.25) is 0 Å². The van der Waals surface area contributed by atoms with E-state index < -0.39 is 27.1 Å². The Morgan fingerprint density at radius 3 is 2.46 bits per heavy atom. The maximum absolute atomic E-state index is 12.8. The fourth-order valence-corrected chi connectivity index (χ4v) is 3.48. The van der Waals surface area contributed by atoms with Gasteiger partial charge in [-0.1, -0.05) is 51.8 Å². The first-order chi connectivity index (χ1) is 13.0. The van der Waals surface area contributed by atoms with Crippen LogP contribution in [0.2, 0.25) is 5.02 Å². The van der Waals surface area contributed by atoms with Gasteiger partial charge in [-0.15, -0.1) is 0 Å². The van der Waals surface area contributed by atoms with Gasteiger partial charge in [-0.3, -0.25) is 0 Å². The first-order valence-electron chi connectivity index (χ1n) is 7.34. The number of rotatable bonds is 3. The molecule has 0 aliphatic rings. The van der Waals surface area contributed by atoms with Crippen LogP contribution in [0.1, 0.15) is 5.56 Å². The summed E-state index contributed by atoms with van der Waals surface area (Å²) in [6, 6.07) is 12.7. The van der Waals surface area contributed by atoms with Gasteiger partial charge in [0.15, 0.2) is 0 Å². The van der Waals surface area contributed by atoms with Crippen LogP contribution >= 0.6 is 27.5 Å². The molecule has 0 saturated heterocycles. The summed E-state index contributed by atoms with van der Waals surface area (Å²) in [5.41, 5.74) is -5.65. The monoisotopic (exact) mass is 490 g/mol. The Balaban J connectivity index is 2.41. The van der Waals surface area contributed by atoms with Crippen LogP contribution in [0.4, 0.5) is 13.2 Å². The highest BCUT2D eigenvalue weighted by atomic mass is 79.9. The molecule has 0 unspecified atom stereocenters. The van der Waals surface area contributed by atoms with E-state index in [1.165, 1.54) is 12.1 Å². The summed E-state index contributed by atoms with van der Waals surface area (Å²) < 4.78 is 66.0. The Morgan fingerprint density at radius 1 is 1.18 bits per heavy atom. The summed E-state index contributed by atoms with van der Waals surface area (Å²) in [4.78, 5) is 3.82. The first kappa shape index (κ1) is 20.4. The second-order valence-electron chi connectivity index (χ2n) is 5.40. The fraction of sp³-hybridized carbons (Fsp3) is 0.0588. The number of nitrogens with zero attached hydrogens (tertiary/aromatic N) is 2. The summed E-state index contributed by atoms with van der Waals surface area (Å²) in [7, 11) is -6.03. The van der Waals surface area contributed by atoms with Crippen molar-refractivity contribution < 1.29 is 25.8 Å². The highest BCUT2D eigenvalue weighted by Gasteiger charge is 2.49. The minimum absolute atomic E-state index is 0.107. The van der Waals surface area contributed by atoms with Crippen LogP contribution in [0.5, 0.6) is 5.88 Å². The summed E-state index contributed by atoms with van der Waals surface area (Å²) in [5.74, 6) is -0.986. The molecule has 0 N–H and O–H groups in total. The maximum Gasteiger partial charge on any atom is 0.534 e. The number of alkyl halides is 3. The number of hydrogen-bond acceptors (Lipinski definition) is 5. The van der Waals surface area contributed by atoms with Crippen molar-refractivity contribution >= 4 is 48.6 Å². The number of halogens is 5. The van der Waals surface area contributed by atoms with E-state index in [1.807, 2.05) is 0 Å². The van der Waals surface area contributed by atoms with E-state index in [0.717, 1.165) is 0 Å². The lowest BCUT2D eigenvalue weighted by atomic mass is 9.96. The van der Waals surface area contributed by atoms with Crippen LogP contribution in [0.25, 0.3) is 22.0 Å². The van der Waals surface area contributed by atoms with E-state index in [-0.39, 0.29) is 16.1 Å². The molecule has 0 radical (unpaired) electrons. The van der Waals surface area contributed by atoms with E-state index >= 15 is 0 Å². The average molecular weight is 492 g/mol. The molecule has 3 aromatic rings. The maximum atomic E-state index is 12.8. The Kier molecular flexibility index (Phi) is 5.27. The number of aromatic nitrogens is 1. The third kappa shape index (κ3) is 3.65. The molecule has 0 atom stereocenters. The second-order valence-corrected chi connectivity index (χ2v) is 8.26. The Bertz CT molecular complexity index is 1240. The van der Waals surface area contributed by atoms with Crippen molar-refractivity contribution in [2.45, 2.75) is 5.51 Å². The molecule has 0 fully saturated rings. The lowest BCUT2D eigenvalue weighted by molar-refractivity contribution is -0.0501. The SMILES string of the molecule is N#Cc1c(OS(=O)(=O)C(F)(F)F)nc2cc(Br)ccc2c1-c1ccccc1Cl. The van der Waals surface area contributed by atoms with Crippen molar-refractivity contribution in [3.8, 4) is 23.1 Å². The quantitative estimate of drug-likeness (QED) is 0.361. The Hall–Kier alpha value is -2.35. The number of fused-ring (bicyclic) bond motifs is 1. The Labute approximate surface area is 170 Å². The van der Waals surface area contributed by atoms with Crippen molar-refractivity contribution in [2.24, 2.45) is 0 Å². The van der Waals surface area contributed by atoms with Crippen molar-refractivity contribution in [1.29, 1.82) is 5.26 Å². The third-order valence-electron chi connectivity index (χ3n) is 3.64. The number of pyridine rings is 1. The van der Waals surface area contributed by atoms with Crippen molar-refractivity contribution in [3.05, 3.63) is 57.5 Å². The van der Waals surface area contributed by atoms with E-state index in [4.69, 9.17) is 11.6 Å². The van der Waals surface area contributed by atoms with Crippen LogP contribution in [0.15, 0.2) is 46.9 Å². The molecule has 0 spiro atoms. The molecule has 28 heavy (non-hydrogen) atoms. The van der Waals surface area contributed by atoms with Gasteiger partial charge in [-0.25, -0.2) is 4.98 Å². The van der Waals surface area contributed by atoms with Gasteiger partial charge in [0.05, 0.1) is 5.52 Å². The molecule has 5 nitrogen and oxygen atoms in total. The third-order valence-corrected chi connectivity index (χ3v) is 5.41. The minimum Gasteiger partial charge on any atom is -0.354 e. The summed E-state index contributed by atoms with van der Waals surface area (Å²) in [6.07, 6.45) is 0. The normalized spacial score (nSPS) is 12.0. The summed E-state index contributed by atoms with van der Waals surface area (Å²) >= 11 is 9.41. The molecule has 0 aliphatic carbocycles. The zero-order valence-electron chi connectivity index (χ0n) is 13.5. The van der Waals surface area contributed by atoms with Gasteiger partial charge in [0, 0.05) is 26.0 Å². The topological polar surface area (TPSA) is 80.0 Å². The number of nitriles is 1. The van der Waals surface area contributed by atoms with Crippen molar-refractivity contribution in [1.82, 2.24) is 4.98 Å². The van der Waals surface area contributed by atoms with Crippen molar-refractivity contribution in [2.75, 3.05) is 0 Å². The largest absolute Gasteiger partial charge is 0.534 e. The minimum atomic E-state index is -6.03. The van der Waals surface area contributed by atoms with Gasteiger partial charge < -0.3 is 4.18 Å². The molecule has 0 bridgehead atoms. The fourth-order valence-electron chi connectivity index (χ4n) is 2.47. The molecule has 1 aromatic heterocycles. The molecule has 144 valence electrons. The van der Waals surface area contributed by atoms with Gasteiger partial charge in [-0.05, 0) is 18.2 Å². The predicted octanol–water partition coefficient (Wildman–Crippen LogP) is 5.42. The average Bonchev–Trinajstić information content (AvgIpc) is 2.59. The smallest absolute Gasteiger partial charge is 0.354 e. The van der Waals surface area contributed by atoms with Crippen LogP contribution < -0.4 is 4.18 Å². The van der Waals surface area contributed by atoms with E-state index in [0.29, 0.717) is 15.4 Å². The molecular weight excluding hydrogens is 485 g/mol. The van der Waals surface area contributed by atoms with E-state index in [1.54, 1.807) is 36.4 Å². The first-order valence-corrected chi connectivity index (χ1v) is 9.92. The van der Waals surface area contributed by atoms with E-state index in [2.05, 4.69) is 25.1 Å². The molecular formula is C17H7BrClF3N2O3S. The molecule has 3 rings (SSSR count). The van der Waals surface area contributed by atoms with Gasteiger partial charge >= 0.3 is 15.6 Å². The van der Waals surface area contributed by atoms with Gasteiger partial charge in [0.25, 0.3) is 5.88 Å². The lowest BCUT2D eigenvalue weighted by Crippen LogP contribution is -2.28. The number of benzene rings is 2. The Morgan fingerprint density at radius 2 is 1.86 bits per heavy atom. The molecule has 11 heteroatoms. The highest BCUT2D eigenvalue weighted by Crippen LogP contribution is 2.40. The molecule has 0 saturated carbocycles. The molecule has 2 aromatic carbocycles. The lowest BCUT2D eigenvalue weighted by Gasteiger charge is -2.15. The van der Waals surface area contributed by atoms with Gasteiger partial charge in [0.1, 0.15) is 11.6 Å². The zero-order chi connectivity index (χ0) is 20.7. The summed E-state index contributed by atoms with van der Waals surface area (Å²) in [5, 5.41) is 10.2. The van der Waals surface area contributed by atoms with Crippen molar-refractivity contribution in [3.63, 3.8) is 0 Å². The standard InChI is InChI=1S/C17H7BrClF3N2O3S/c18-9-5-6-11-14(7-9)24-16(27-28(25,26)17(20,21)22)12(8-23)15(11)10-3-1-2-4-13(10)19/h1-7H. The highest BCUT2D eigenvalue weighted by molar-refractivity contribution is 9.10. The zero-order valence-corrected chi connectivity index (χ0v) is 16.6. The van der Waals surface area contributed by atoms with Crippen LogP contribution in [0.3, 0.4) is 0 Å². The molecule has 0 amide bonds. The molecule has 0 aliphatic heterocycles. The van der Waals surface area contributed by atoms with Crippen LogP contribution in [0, 0.1) is 11.3 Å².